The number of hydrogen-bond acceptors (Lipinski definition) is 5. The second-order valence-corrected chi connectivity index (χ2v) is 5.05. The molecule has 0 radical (unpaired) electrons. The van der Waals surface area contributed by atoms with E-state index in [0.29, 0.717) is 6.42 Å². The van der Waals surface area contributed by atoms with Crippen molar-refractivity contribution in [2.45, 2.75) is 45.3 Å². The first-order chi connectivity index (χ1) is 7.20. The van der Waals surface area contributed by atoms with Crippen LogP contribution in [-0.2, 0) is 19.1 Å². The molecule has 0 saturated heterocycles. The van der Waals surface area contributed by atoms with Crippen molar-refractivity contribution in [2.24, 2.45) is 11.7 Å². The zero-order valence-corrected chi connectivity index (χ0v) is 10.2. The van der Waals surface area contributed by atoms with E-state index < -0.39 is 29.0 Å². The maximum Gasteiger partial charge on any atom is 0.327 e. The molecule has 1 saturated carbocycles. The lowest BCUT2D eigenvalue weighted by Crippen LogP contribution is -2.40. The third-order valence-corrected chi connectivity index (χ3v) is 2.35. The van der Waals surface area contributed by atoms with Crippen molar-refractivity contribution in [2.75, 3.05) is 6.61 Å². The molecule has 92 valence electrons. The predicted molar refractivity (Wildman–Crippen MR) is 57.5 cm³/mol. The van der Waals surface area contributed by atoms with E-state index in [1.807, 2.05) is 0 Å². The SMILES string of the molecule is CCOC(=O)C1(N)CC1C(=O)OC(C)(C)C. The molecule has 16 heavy (non-hydrogen) atoms. The van der Waals surface area contributed by atoms with Crippen molar-refractivity contribution in [3.8, 4) is 0 Å². The molecular weight excluding hydrogens is 210 g/mol. The number of nitrogens with two attached hydrogens (primary N) is 1. The molecule has 1 fully saturated rings. The Hall–Kier alpha value is -1.10. The van der Waals surface area contributed by atoms with Gasteiger partial charge in [-0.25, -0.2) is 0 Å². The Labute approximate surface area is 95.3 Å². The summed E-state index contributed by atoms with van der Waals surface area (Å²) in [5, 5.41) is 0. The Balaban J connectivity index is 2.55. The summed E-state index contributed by atoms with van der Waals surface area (Å²) in [6.07, 6.45) is 0.306. The molecule has 2 N–H and O–H groups in total. The van der Waals surface area contributed by atoms with Gasteiger partial charge in [0.25, 0.3) is 0 Å². The molecule has 2 atom stereocenters. The average Bonchev–Trinajstić information content (AvgIpc) is 2.77. The molecule has 0 amide bonds. The summed E-state index contributed by atoms with van der Waals surface area (Å²) in [7, 11) is 0. The van der Waals surface area contributed by atoms with Gasteiger partial charge in [-0.15, -0.1) is 0 Å². The minimum Gasteiger partial charge on any atom is -0.465 e. The van der Waals surface area contributed by atoms with Crippen LogP contribution >= 0.6 is 0 Å². The molecule has 1 aliphatic rings. The Morgan fingerprint density at radius 3 is 2.44 bits per heavy atom. The lowest BCUT2D eigenvalue weighted by atomic mass is 10.2. The number of ether oxygens (including phenoxy) is 2. The molecule has 0 spiro atoms. The van der Waals surface area contributed by atoms with Crippen molar-refractivity contribution in [3.05, 3.63) is 0 Å². The Morgan fingerprint density at radius 1 is 1.44 bits per heavy atom. The van der Waals surface area contributed by atoms with Crippen molar-refractivity contribution < 1.29 is 19.1 Å². The van der Waals surface area contributed by atoms with Crippen LogP contribution in [0.1, 0.15) is 34.1 Å². The largest absolute Gasteiger partial charge is 0.465 e. The molecule has 0 heterocycles. The average molecular weight is 229 g/mol. The van der Waals surface area contributed by atoms with E-state index in [9.17, 15) is 9.59 Å². The van der Waals surface area contributed by atoms with Crippen LogP contribution in [0.2, 0.25) is 0 Å². The molecule has 0 aromatic carbocycles. The van der Waals surface area contributed by atoms with Gasteiger partial charge in [-0.2, -0.15) is 0 Å². The maximum atomic E-state index is 11.6. The van der Waals surface area contributed by atoms with Crippen LogP contribution in [0, 0.1) is 5.92 Å². The summed E-state index contributed by atoms with van der Waals surface area (Å²) >= 11 is 0. The Bertz CT molecular complexity index is 308. The fraction of sp³-hybridized carbons (Fsp3) is 0.818. The van der Waals surface area contributed by atoms with E-state index in [0.717, 1.165) is 0 Å². The quantitative estimate of drug-likeness (QED) is 0.717. The van der Waals surface area contributed by atoms with Gasteiger partial charge in [-0.3, -0.25) is 9.59 Å². The van der Waals surface area contributed by atoms with Gasteiger partial charge in [0.05, 0.1) is 12.5 Å². The lowest BCUT2D eigenvalue weighted by molar-refractivity contribution is -0.159. The first kappa shape index (κ1) is 13.0. The van der Waals surface area contributed by atoms with Crippen LogP contribution < -0.4 is 5.73 Å². The molecule has 2 unspecified atom stereocenters. The Kier molecular flexibility index (Phi) is 3.28. The van der Waals surface area contributed by atoms with Crippen LogP contribution in [-0.4, -0.2) is 29.7 Å². The fourth-order valence-electron chi connectivity index (χ4n) is 1.44. The third-order valence-electron chi connectivity index (χ3n) is 2.35. The smallest absolute Gasteiger partial charge is 0.327 e. The zero-order valence-electron chi connectivity index (χ0n) is 10.2. The van der Waals surface area contributed by atoms with E-state index in [-0.39, 0.29) is 6.61 Å². The van der Waals surface area contributed by atoms with Crippen LogP contribution in [0.25, 0.3) is 0 Å². The molecule has 0 aliphatic heterocycles. The molecule has 0 bridgehead atoms. The number of hydrogen-bond donors (Lipinski definition) is 1. The highest BCUT2D eigenvalue weighted by Crippen LogP contribution is 2.43. The van der Waals surface area contributed by atoms with Crippen LogP contribution in [0.3, 0.4) is 0 Å². The van der Waals surface area contributed by atoms with E-state index in [1.165, 1.54) is 0 Å². The van der Waals surface area contributed by atoms with Crippen LogP contribution in [0.5, 0.6) is 0 Å². The minimum absolute atomic E-state index is 0.263. The summed E-state index contributed by atoms with van der Waals surface area (Å²) in [5.74, 6) is -1.51. The van der Waals surface area contributed by atoms with Gasteiger partial charge in [-0.1, -0.05) is 0 Å². The van der Waals surface area contributed by atoms with Gasteiger partial charge in [0.2, 0.25) is 0 Å². The van der Waals surface area contributed by atoms with Gasteiger partial charge in [0, 0.05) is 0 Å². The normalized spacial score (nSPS) is 28.4. The van der Waals surface area contributed by atoms with Crippen molar-refractivity contribution >= 4 is 11.9 Å². The highest BCUT2D eigenvalue weighted by Gasteiger charge is 2.63. The monoisotopic (exact) mass is 229 g/mol. The summed E-state index contributed by atoms with van der Waals surface area (Å²) in [5.41, 5.74) is 4.04. The third kappa shape index (κ3) is 2.72. The van der Waals surface area contributed by atoms with Crippen molar-refractivity contribution in [1.82, 2.24) is 0 Å². The summed E-state index contributed by atoms with van der Waals surface area (Å²) in [4.78, 5) is 23.1. The highest BCUT2D eigenvalue weighted by molar-refractivity contribution is 5.94. The van der Waals surface area contributed by atoms with Gasteiger partial charge < -0.3 is 15.2 Å². The van der Waals surface area contributed by atoms with Crippen LogP contribution in [0.4, 0.5) is 0 Å². The molecule has 5 heteroatoms. The molecule has 1 aliphatic carbocycles. The van der Waals surface area contributed by atoms with E-state index >= 15 is 0 Å². The highest BCUT2D eigenvalue weighted by atomic mass is 16.6. The predicted octanol–water partition coefficient (Wildman–Crippen LogP) is 0.609. The zero-order chi connectivity index (χ0) is 12.6. The topological polar surface area (TPSA) is 78.6 Å². The number of rotatable bonds is 3. The van der Waals surface area contributed by atoms with E-state index in [1.54, 1.807) is 27.7 Å². The lowest BCUT2D eigenvalue weighted by Gasteiger charge is -2.20. The first-order valence-corrected chi connectivity index (χ1v) is 5.39. The van der Waals surface area contributed by atoms with Gasteiger partial charge in [0.15, 0.2) is 0 Å². The second-order valence-electron chi connectivity index (χ2n) is 5.05. The number of esters is 2. The molecule has 5 nitrogen and oxygen atoms in total. The van der Waals surface area contributed by atoms with E-state index in [4.69, 9.17) is 15.2 Å². The Morgan fingerprint density at radius 2 is 2.00 bits per heavy atom. The fourth-order valence-corrected chi connectivity index (χ4v) is 1.44. The van der Waals surface area contributed by atoms with Gasteiger partial charge in [-0.05, 0) is 34.1 Å². The number of carbonyl (C=O) groups excluding carboxylic acids is 2. The molecule has 1 rings (SSSR count). The molecular formula is C11H19NO4. The summed E-state index contributed by atoms with van der Waals surface area (Å²) in [6, 6.07) is 0. The molecule has 0 aromatic rings. The molecule has 0 aromatic heterocycles. The summed E-state index contributed by atoms with van der Waals surface area (Å²) < 4.78 is 9.97. The van der Waals surface area contributed by atoms with E-state index in [2.05, 4.69) is 0 Å². The van der Waals surface area contributed by atoms with Crippen molar-refractivity contribution in [3.63, 3.8) is 0 Å². The van der Waals surface area contributed by atoms with Gasteiger partial charge in [0.1, 0.15) is 11.1 Å². The van der Waals surface area contributed by atoms with Crippen LogP contribution in [0.15, 0.2) is 0 Å². The summed E-state index contributed by atoms with van der Waals surface area (Å²) in [6.45, 7) is 7.28. The second kappa shape index (κ2) is 4.05. The standard InChI is InChI=1S/C11H19NO4/c1-5-15-9(14)11(12)6-7(11)8(13)16-10(2,3)4/h7H,5-6,12H2,1-4H3. The number of carbonyl (C=O) groups is 2. The maximum absolute atomic E-state index is 11.6. The minimum atomic E-state index is -1.17. The first-order valence-electron chi connectivity index (χ1n) is 5.39. The van der Waals surface area contributed by atoms with Gasteiger partial charge >= 0.3 is 11.9 Å². The van der Waals surface area contributed by atoms with Crippen molar-refractivity contribution in [1.29, 1.82) is 0 Å².